The van der Waals surface area contributed by atoms with Crippen molar-refractivity contribution in [3.05, 3.63) is 52.5 Å². The largest absolute Gasteiger partial charge is 0.497 e. The van der Waals surface area contributed by atoms with Gasteiger partial charge in [0.05, 0.1) is 27.7 Å². The molecule has 0 fully saturated rings. The Morgan fingerprint density at radius 2 is 1.80 bits per heavy atom. The SMILES string of the molecule is COc1cccc(N(C(C)C(=O)Cl)S(=O)(=O)c2ccc(Cl)c(Cl)c2)c1. The van der Waals surface area contributed by atoms with Gasteiger partial charge in [-0.15, -0.1) is 0 Å². The molecule has 0 saturated carbocycles. The summed E-state index contributed by atoms with van der Waals surface area (Å²) in [6.45, 7) is 1.39. The molecule has 5 nitrogen and oxygen atoms in total. The Morgan fingerprint density at radius 1 is 1.12 bits per heavy atom. The number of anilines is 1. The van der Waals surface area contributed by atoms with Gasteiger partial charge in [0.2, 0.25) is 5.24 Å². The molecule has 0 N–H and O–H groups in total. The molecule has 25 heavy (non-hydrogen) atoms. The minimum Gasteiger partial charge on any atom is -0.497 e. The molecule has 1 unspecified atom stereocenters. The summed E-state index contributed by atoms with van der Waals surface area (Å²) in [5.74, 6) is 0.432. The van der Waals surface area contributed by atoms with E-state index in [0.717, 1.165) is 4.31 Å². The molecular weight excluding hydrogens is 409 g/mol. The molecule has 1 atom stereocenters. The molecule has 0 aromatic heterocycles. The number of ether oxygens (including phenoxy) is 1. The van der Waals surface area contributed by atoms with Gasteiger partial charge in [-0.05, 0) is 48.9 Å². The van der Waals surface area contributed by atoms with Gasteiger partial charge in [-0.2, -0.15) is 0 Å². The summed E-state index contributed by atoms with van der Waals surface area (Å²) in [4.78, 5) is 11.6. The minimum atomic E-state index is -4.13. The summed E-state index contributed by atoms with van der Waals surface area (Å²) in [5.41, 5.74) is 0.229. The van der Waals surface area contributed by atoms with Gasteiger partial charge in [-0.25, -0.2) is 8.42 Å². The molecule has 2 aromatic rings. The van der Waals surface area contributed by atoms with E-state index in [-0.39, 0.29) is 20.6 Å². The van der Waals surface area contributed by atoms with E-state index in [9.17, 15) is 13.2 Å². The van der Waals surface area contributed by atoms with Crippen LogP contribution in [0.1, 0.15) is 6.92 Å². The van der Waals surface area contributed by atoms with Crippen LogP contribution in [0.3, 0.4) is 0 Å². The van der Waals surface area contributed by atoms with E-state index in [1.807, 2.05) is 0 Å². The number of hydrogen-bond donors (Lipinski definition) is 0. The van der Waals surface area contributed by atoms with Crippen molar-refractivity contribution in [1.82, 2.24) is 0 Å². The first-order valence-corrected chi connectivity index (χ1v) is 9.58. The third kappa shape index (κ3) is 4.20. The molecule has 0 aliphatic heterocycles. The lowest BCUT2D eigenvalue weighted by Gasteiger charge is -2.28. The predicted molar refractivity (Wildman–Crippen MR) is 99.4 cm³/mol. The second-order valence-electron chi connectivity index (χ2n) is 5.06. The molecule has 0 saturated heterocycles. The Bertz CT molecular complexity index is 902. The van der Waals surface area contributed by atoms with E-state index in [0.29, 0.717) is 5.75 Å². The fourth-order valence-electron chi connectivity index (χ4n) is 2.16. The van der Waals surface area contributed by atoms with Crippen LogP contribution in [0.4, 0.5) is 5.69 Å². The van der Waals surface area contributed by atoms with Crippen LogP contribution in [0.5, 0.6) is 5.75 Å². The number of benzene rings is 2. The molecular formula is C16H14Cl3NO4S. The fourth-order valence-corrected chi connectivity index (χ4v) is 4.32. The van der Waals surface area contributed by atoms with E-state index >= 15 is 0 Å². The summed E-state index contributed by atoms with van der Waals surface area (Å²) in [5, 5.41) is -0.528. The van der Waals surface area contributed by atoms with Crippen molar-refractivity contribution in [2.45, 2.75) is 17.9 Å². The third-order valence-electron chi connectivity index (χ3n) is 3.44. The van der Waals surface area contributed by atoms with E-state index < -0.39 is 21.3 Å². The number of nitrogens with zero attached hydrogens (tertiary/aromatic N) is 1. The van der Waals surface area contributed by atoms with Crippen LogP contribution in [0, 0.1) is 0 Å². The first kappa shape index (κ1) is 19.8. The molecule has 0 bridgehead atoms. The third-order valence-corrected chi connectivity index (χ3v) is 6.39. The van der Waals surface area contributed by atoms with Crippen molar-refractivity contribution >= 4 is 55.8 Å². The minimum absolute atomic E-state index is 0.0817. The van der Waals surface area contributed by atoms with Crippen LogP contribution < -0.4 is 9.04 Å². The van der Waals surface area contributed by atoms with Crippen LogP contribution >= 0.6 is 34.8 Å². The Morgan fingerprint density at radius 3 is 2.36 bits per heavy atom. The van der Waals surface area contributed by atoms with Crippen molar-refractivity contribution in [1.29, 1.82) is 0 Å². The van der Waals surface area contributed by atoms with Crippen LogP contribution in [0.25, 0.3) is 0 Å². The highest BCUT2D eigenvalue weighted by Crippen LogP contribution is 2.32. The zero-order valence-corrected chi connectivity index (χ0v) is 16.3. The molecule has 9 heteroatoms. The number of carbonyl (C=O) groups excluding carboxylic acids is 1. The average Bonchev–Trinajstić information content (AvgIpc) is 2.57. The van der Waals surface area contributed by atoms with Crippen molar-refractivity contribution in [2.75, 3.05) is 11.4 Å². The first-order valence-electron chi connectivity index (χ1n) is 7.01. The second kappa shape index (κ2) is 7.83. The van der Waals surface area contributed by atoms with Crippen molar-refractivity contribution in [3.8, 4) is 5.75 Å². The van der Waals surface area contributed by atoms with Gasteiger partial charge in [0.15, 0.2) is 0 Å². The van der Waals surface area contributed by atoms with E-state index in [1.165, 1.54) is 44.4 Å². The lowest BCUT2D eigenvalue weighted by Crippen LogP contribution is -2.42. The summed E-state index contributed by atoms with van der Waals surface area (Å²) >= 11 is 17.4. The number of carbonyl (C=O) groups is 1. The highest BCUT2D eigenvalue weighted by atomic mass is 35.5. The number of halogens is 3. The lowest BCUT2D eigenvalue weighted by molar-refractivity contribution is -0.112. The van der Waals surface area contributed by atoms with Crippen molar-refractivity contribution < 1.29 is 17.9 Å². The number of sulfonamides is 1. The standard InChI is InChI=1S/C16H14Cl3NO4S/c1-10(16(19)21)20(11-4-3-5-12(8-11)24-2)25(22,23)13-6-7-14(17)15(18)9-13/h3-10H,1-2H3. The fraction of sp³-hybridized carbons (Fsp3) is 0.188. The van der Waals surface area contributed by atoms with Crippen LogP contribution in [-0.2, 0) is 14.8 Å². The number of methoxy groups -OCH3 is 1. The normalized spacial score (nSPS) is 12.5. The van der Waals surface area contributed by atoms with Crippen LogP contribution in [0.2, 0.25) is 10.0 Å². The van der Waals surface area contributed by atoms with E-state index in [1.54, 1.807) is 12.1 Å². The summed E-state index contributed by atoms with van der Waals surface area (Å²) in [6, 6.07) is 9.04. The molecule has 2 rings (SSSR count). The highest BCUT2D eigenvalue weighted by Gasteiger charge is 2.33. The van der Waals surface area contributed by atoms with Crippen LogP contribution in [0.15, 0.2) is 47.4 Å². The predicted octanol–water partition coefficient (Wildman–Crippen LogP) is 4.35. The Kier molecular flexibility index (Phi) is 6.21. The maximum atomic E-state index is 13.1. The Hall–Kier alpha value is -1.47. The van der Waals surface area contributed by atoms with E-state index in [4.69, 9.17) is 39.5 Å². The quantitative estimate of drug-likeness (QED) is 0.649. The zero-order valence-electron chi connectivity index (χ0n) is 13.2. The number of rotatable bonds is 6. The summed E-state index contributed by atoms with van der Waals surface area (Å²) in [7, 11) is -2.68. The van der Waals surface area contributed by atoms with Crippen LogP contribution in [-0.4, -0.2) is 26.8 Å². The smallest absolute Gasteiger partial charge is 0.265 e. The first-order chi connectivity index (χ1) is 11.7. The molecule has 0 radical (unpaired) electrons. The lowest BCUT2D eigenvalue weighted by atomic mass is 10.2. The topological polar surface area (TPSA) is 63.7 Å². The molecule has 0 aliphatic rings. The zero-order chi connectivity index (χ0) is 18.8. The van der Waals surface area contributed by atoms with Gasteiger partial charge in [0.1, 0.15) is 11.8 Å². The number of hydrogen-bond acceptors (Lipinski definition) is 4. The monoisotopic (exact) mass is 421 g/mol. The highest BCUT2D eigenvalue weighted by molar-refractivity contribution is 7.93. The van der Waals surface area contributed by atoms with Gasteiger partial charge < -0.3 is 4.74 Å². The molecule has 134 valence electrons. The van der Waals surface area contributed by atoms with Gasteiger partial charge in [0.25, 0.3) is 10.0 Å². The van der Waals surface area contributed by atoms with Gasteiger partial charge in [-0.3, -0.25) is 9.10 Å². The maximum absolute atomic E-state index is 13.1. The van der Waals surface area contributed by atoms with Gasteiger partial charge >= 0.3 is 0 Å². The average molecular weight is 423 g/mol. The molecule has 0 heterocycles. The van der Waals surface area contributed by atoms with Gasteiger partial charge in [-0.1, -0.05) is 29.3 Å². The second-order valence-corrected chi connectivity index (χ2v) is 8.06. The van der Waals surface area contributed by atoms with Crippen molar-refractivity contribution in [3.63, 3.8) is 0 Å². The summed E-state index contributed by atoms with van der Waals surface area (Å²) in [6.07, 6.45) is 0. The Labute approximate surface area is 161 Å². The Balaban J connectivity index is 2.65. The molecule has 2 aromatic carbocycles. The maximum Gasteiger partial charge on any atom is 0.265 e. The van der Waals surface area contributed by atoms with Crippen molar-refractivity contribution in [2.24, 2.45) is 0 Å². The molecule has 0 aliphatic carbocycles. The van der Waals surface area contributed by atoms with E-state index in [2.05, 4.69) is 0 Å². The summed E-state index contributed by atoms with van der Waals surface area (Å²) < 4.78 is 32.3. The molecule has 0 amide bonds. The van der Waals surface area contributed by atoms with Gasteiger partial charge in [0, 0.05) is 6.07 Å². The molecule has 0 spiro atoms.